The van der Waals surface area contributed by atoms with Crippen molar-refractivity contribution in [2.24, 2.45) is 5.73 Å². The molecule has 0 unspecified atom stereocenters. The lowest BCUT2D eigenvalue weighted by atomic mass is 9.82. The Morgan fingerprint density at radius 2 is 1.68 bits per heavy atom. The van der Waals surface area contributed by atoms with Crippen LogP contribution in [0.2, 0.25) is 0 Å². The van der Waals surface area contributed by atoms with E-state index in [1.54, 1.807) is 12.4 Å². The lowest BCUT2D eigenvalue weighted by molar-refractivity contribution is -0.127. The number of nitrogens with two attached hydrogens (primary N) is 1. The van der Waals surface area contributed by atoms with Gasteiger partial charge in [0.15, 0.2) is 0 Å². The van der Waals surface area contributed by atoms with Gasteiger partial charge in [-0.25, -0.2) is 4.79 Å². The number of nitrogens with one attached hydrogen (secondary N) is 3. The summed E-state index contributed by atoms with van der Waals surface area (Å²) in [6, 6.07) is 10.8. The fraction of sp³-hybridized carbons (Fsp3) is 0.381. The molecule has 7 heteroatoms. The third-order valence-electron chi connectivity index (χ3n) is 5.04. The predicted molar refractivity (Wildman–Crippen MR) is 108 cm³/mol. The molecule has 0 aliphatic heterocycles. The lowest BCUT2D eigenvalue weighted by Gasteiger charge is -2.31. The van der Waals surface area contributed by atoms with Gasteiger partial charge in [0.1, 0.15) is 0 Å². The number of amides is 3. The van der Waals surface area contributed by atoms with Crippen molar-refractivity contribution in [2.45, 2.75) is 50.7 Å². The Bertz CT molecular complexity index is 803. The minimum Gasteiger partial charge on any atom is -0.350 e. The van der Waals surface area contributed by atoms with Gasteiger partial charge in [0.25, 0.3) is 0 Å². The van der Waals surface area contributed by atoms with Crippen molar-refractivity contribution in [3.05, 3.63) is 59.9 Å². The molecule has 1 saturated carbocycles. The molecule has 3 rings (SSSR count). The first kappa shape index (κ1) is 19.8. The molecule has 1 aliphatic rings. The van der Waals surface area contributed by atoms with Crippen LogP contribution in [0.4, 0.5) is 10.5 Å². The maximum absolute atomic E-state index is 12.5. The zero-order chi connectivity index (χ0) is 19.8. The molecular weight excluding hydrogens is 354 g/mol. The Morgan fingerprint density at radius 3 is 2.43 bits per heavy atom. The van der Waals surface area contributed by atoms with E-state index in [9.17, 15) is 9.59 Å². The first-order valence-corrected chi connectivity index (χ1v) is 9.65. The van der Waals surface area contributed by atoms with Gasteiger partial charge in [-0.05, 0) is 48.2 Å². The second-order valence-corrected chi connectivity index (χ2v) is 7.26. The van der Waals surface area contributed by atoms with Crippen molar-refractivity contribution in [3.8, 4) is 0 Å². The first-order valence-electron chi connectivity index (χ1n) is 9.65. The molecule has 0 radical (unpaired) electrons. The van der Waals surface area contributed by atoms with Gasteiger partial charge in [-0.2, -0.15) is 0 Å². The summed E-state index contributed by atoms with van der Waals surface area (Å²) in [6.07, 6.45) is 7.98. The van der Waals surface area contributed by atoms with E-state index >= 15 is 0 Å². The van der Waals surface area contributed by atoms with Crippen LogP contribution in [0.3, 0.4) is 0 Å². The van der Waals surface area contributed by atoms with Crippen LogP contribution in [0.15, 0.2) is 48.8 Å². The van der Waals surface area contributed by atoms with Crippen molar-refractivity contribution in [3.63, 3.8) is 0 Å². The Balaban J connectivity index is 1.49. The van der Waals surface area contributed by atoms with Crippen molar-refractivity contribution in [1.82, 2.24) is 15.6 Å². The summed E-state index contributed by atoms with van der Waals surface area (Å²) < 4.78 is 0. The summed E-state index contributed by atoms with van der Waals surface area (Å²) >= 11 is 0. The Morgan fingerprint density at radius 1 is 0.964 bits per heavy atom. The zero-order valence-corrected chi connectivity index (χ0v) is 15.9. The average molecular weight is 381 g/mol. The van der Waals surface area contributed by atoms with Crippen LogP contribution in [-0.4, -0.2) is 22.5 Å². The van der Waals surface area contributed by atoms with Crippen LogP contribution >= 0.6 is 0 Å². The standard InChI is InChI=1S/C21H27N5O2/c22-21(9-2-1-3-10-21)19(27)24-15-17-5-4-6-18(13-17)26-20(28)25-14-16-7-11-23-12-8-16/h4-8,11-13H,1-3,9-10,14-15,22H2,(H,24,27)(H2,25,26,28). The molecule has 0 bridgehead atoms. The van der Waals surface area contributed by atoms with E-state index in [1.165, 1.54) is 0 Å². The molecule has 28 heavy (non-hydrogen) atoms. The number of aromatic nitrogens is 1. The van der Waals surface area contributed by atoms with Crippen LogP contribution in [0.25, 0.3) is 0 Å². The minimum atomic E-state index is -0.749. The average Bonchev–Trinajstić information content (AvgIpc) is 2.72. The molecule has 3 amide bonds. The number of carbonyl (C=O) groups is 2. The van der Waals surface area contributed by atoms with E-state index in [0.717, 1.165) is 43.2 Å². The van der Waals surface area contributed by atoms with Crippen LogP contribution < -0.4 is 21.7 Å². The van der Waals surface area contributed by atoms with E-state index in [-0.39, 0.29) is 11.9 Å². The molecule has 1 aliphatic carbocycles. The van der Waals surface area contributed by atoms with Crippen molar-refractivity contribution in [2.75, 3.05) is 5.32 Å². The summed E-state index contributed by atoms with van der Waals surface area (Å²) in [5, 5.41) is 8.55. The number of benzene rings is 1. The van der Waals surface area contributed by atoms with E-state index in [1.807, 2.05) is 36.4 Å². The summed E-state index contributed by atoms with van der Waals surface area (Å²) in [4.78, 5) is 28.5. The summed E-state index contributed by atoms with van der Waals surface area (Å²) in [5.41, 5.74) is 8.05. The molecule has 1 heterocycles. The fourth-order valence-electron chi connectivity index (χ4n) is 3.39. The van der Waals surface area contributed by atoms with Crippen molar-refractivity contribution in [1.29, 1.82) is 0 Å². The molecule has 2 aromatic rings. The Kier molecular flexibility index (Phi) is 6.60. The van der Waals surface area contributed by atoms with Gasteiger partial charge in [0.05, 0.1) is 5.54 Å². The summed E-state index contributed by atoms with van der Waals surface area (Å²) in [7, 11) is 0. The van der Waals surface area contributed by atoms with Crippen LogP contribution in [-0.2, 0) is 17.9 Å². The van der Waals surface area contributed by atoms with E-state index < -0.39 is 5.54 Å². The predicted octanol–water partition coefficient (Wildman–Crippen LogP) is 2.68. The highest BCUT2D eigenvalue weighted by Gasteiger charge is 2.34. The fourth-order valence-corrected chi connectivity index (χ4v) is 3.39. The zero-order valence-electron chi connectivity index (χ0n) is 15.9. The second-order valence-electron chi connectivity index (χ2n) is 7.26. The topological polar surface area (TPSA) is 109 Å². The van der Waals surface area contributed by atoms with Gasteiger partial charge in [0, 0.05) is 31.2 Å². The maximum atomic E-state index is 12.5. The van der Waals surface area contributed by atoms with Gasteiger partial charge in [0.2, 0.25) is 5.91 Å². The van der Waals surface area contributed by atoms with E-state index in [0.29, 0.717) is 18.8 Å². The Labute approximate surface area is 165 Å². The number of anilines is 1. The molecule has 148 valence electrons. The molecule has 7 nitrogen and oxygen atoms in total. The molecule has 0 saturated heterocycles. The number of pyridine rings is 1. The first-order chi connectivity index (χ1) is 13.5. The normalized spacial score (nSPS) is 15.5. The molecular formula is C21H27N5O2. The van der Waals surface area contributed by atoms with Gasteiger partial charge < -0.3 is 21.7 Å². The molecule has 5 N–H and O–H groups in total. The largest absolute Gasteiger partial charge is 0.350 e. The third-order valence-corrected chi connectivity index (χ3v) is 5.04. The second kappa shape index (κ2) is 9.32. The number of carbonyl (C=O) groups excluding carboxylic acids is 2. The molecule has 1 aromatic carbocycles. The maximum Gasteiger partial charge on any atom is 0.319 e. The summed E-state index contributed by atoms with van der Waals surface area (Å²) in [5.74, 6) is -0.0966. The Hall–Kier alpha value is -2.93. The highest BCUT2D eigenvalue weighted by atomic mass is 16.2. The highest BCUT2D eigenvalue weighted by molar-refractivity contribution is 5.89. The lowest BCUT2D eigenvalue weighted by Crippen LogP contribution is -2.54. The molecule has 1 fully saturated rings. The van der Waals surface area contributed by atoms with Gasteiger partial charge in [-0.3, -0.25) is 9.78 Å². The SMILES string of the molecule is NC1(C(=O)NCc2cccc(NC(=O)NCc3ccncc3)c2)CCCCC1. The monoisotopic (exact) mass is 381 g/mol. The van der Waals surface area contributed by atoms with Gasteiger partial charge >= 0.3 is 6.03 Å². The van der Waals surface area contributed by atoms with Crippen molar-refractivity contribution >= 4 is 17.6 Å². The van der Waals surface area contributed by atoms with Gasteiger partial charge in [-0.1, -0.05) is 31.4 Å². The highest BCUT2D eigenvalue weighted by Crippen LogP contribution is 2.26. The number of hydrogen-bond donors (Lipinski definition) is 4. The van der Waals surface area contributed by atoms with Crippen LogP contribution in [0.1, 0.15) is 43.2 Å². The quantitative estimate of drug-likeness (QED) is 0.617. The number of nitrogens with zero attached hydrogens (tertiary/aromatic N) is 1. The van der Waals surface area contributed by atoms with Crippen LogP contribution in [0.5, 0.6) is 0 Å². The number of hydrogen-bond acceptors (Lipinski definition) is 4. The van der Waals surface area contributed by atoms with E-state index in [4.69, 9.17) is 5.73 Å². The third kappa shape index (κ3) is 5.53. The number of urea groups is 1. The minimum absolute atomic E-state index is 0.0966. The van der Waals surface area contributed by atoms with Crippen LogP contribution in [0, 0.1) is 0 Å². The number of rotatable bonds is 6. The molecule has 1 aromatic heterocycles. The smallest absolute Gasteiger partial charge is 0.319 e. The molecule has 0 spiro atoms. The van der Waals surface area contributed by atoms with Crippen molar-refractivity contribution < 1.29 is 9.59 Å². The summed E-state index contributed by atoms with van der Waals surface area (Å²) in [6.45, 7) is 0.800. The van der Waals surface area contributed by atoms with Gasteiger partial charge in [-0.15, -0.1) is 0 Å². The molecule has 0 atom stereocenters. The van der Waals surface area contributed by atoms with E-state index in [2.05, 4.69) is 20.9 Å².